The number of hydrogen-bond acceptors (Lipinski definition) is 6. The molecule has 0 aromatic heterocycles. The van der Waals surface area contributed by atoms with E-state index in [9.17, 15) is 24.9 Å². The summed E-state index contributed by atoms with van der Waals surface area (Å²) in [7, 11) is 0. The van der Waals surface area contributed by atoms with Crippen molar-refractivity contribution in [2.75, 3.05) is 0 Å². The van der Waals surface area contributed by atoms with Gasteiger partial charge >= 0.3 is 5.97 Å². The number of phenolic OH excluding ortho intramolecular Hbond substituents is 3. The molecule has 0 fully saturated rings. The lowest BCUT2D eigenvalue weighted by Crippen LogP contribution is -2.20. The fraction of sp³-hybridized carbons (Fsp3) is 0.263. The van der Waals surface area contributed by atoms with Crippen LogP contribution in [0, 0.1) is 5.41 Å². The Hall–Kier alpha value is -3.22. The van der Waals surface area contributed by atoms with Crippen molar-refractivity contribution in [2.45, 2.75) is 26.7 Å². The first-order valence-electron chi connectivity index (χ1n) is 7.95. The van der Waals surface area contributed by atoms with E-state index >= 15 is 0 Å². The lowest BCUT2D eigenvalue weighted by Gasteiger charge is -2.25. The van der Waals surface area contributed by atoms with Crippen LogP contribution >= 0.6 is 0 Å². The molecule has 0 saturated heterocycles. The first-order valence-corrected chi connectivity index (χ1v) is 7.95. The number of rotatable bonds is 4. The van der Waals surface area contributed by atoms with E-state index in [1.807, 2.05) is 0 Å². The smallest absolute Gasteiger partial charge is 0.303 e. The summed E-state index contributed by atoms with van der Waals surface area (Å²) < 4.78 is 5.53. The van der Waals surface area contributed by atoms with E-state index in [-0.39, 0.29) is 24.2 Å². The van der Waals surface area contributed by atoms with E-state index in [1.54, 1.807) is 19.9 Å². The van der Waals surface area contributed by atoms with Crippen molar-refractivity contribution in [3.8, 4) is 28.6 Å². The van der Waals surface area contributed by atoms with Gasteiger partial charge in [-0.1, -0.05) is 13.8 Å². The van der Waals surface area contributed by atoms with Crippen molar-refractivity contribution in [3.63, 3.8) is 0 Å². The second-order valence-electron chi connectivity index (χ2n) is 7.09. The summed E-state index contributed by atoms with van der Waals surface area (Å²) in [5.74, 6) is -2.60. The van der Waals surface area contributed by atoms with E-state index in [2.05, 4.69) is 0 Å². The number of phenols is 3. The first-order chi connectivity index (χ1) is 12.1. The monoisotopic (exact) mass is 358 g/mol. The van der Waals surface area contributed by atoms with Gasteiger partial charge in [-0.25, -0.2) is 0 Å². The Morgan fingerprint density at radius 1 is 1.08 bits per heavy atom. The van der Waals surface area contributed by atoms with Crippen LogP contribution in [0.15, 0.2) is 33.5 Å². The van der Waals surface area contributed by atoms with Crippen LogP contribution in [0.2, 0.25) is 0 Å². The molecule has 1 aromatic rings. The molecule has 3 rings (SSSR count). The highest BCUT2D eigenvalue weighted by Gasteiger charge is 2.29. The summed E-state index contributed by atoms with van der Waals surface area (Å²) in [4.78, 5) is 22.9. The number of aromatic hydroxyl groups is 3. The minimum atomic E-state index is -0.950. The van der Waals surface area contributed by atoms with Gasteiger partial charge in [0.25, 0.3) is 0 Å². The minimum absolute atomic E-state index is 0.0838. The standard InChI is InChI=1S/C19H18O7/c1-19(2,8-14(22)23)7-11-9-3-5-12(20)15(24)17(9)26-18-10(11)4-6-13(21)16(18)25/h3-6,20,24-25H,7-8H2,1-2H3,(H,22,23). The molecule has 7 nitrogen and oxygen atoms in total. The van der Waals surface area contributed by atoms with Crippen LogP contribution in [0.4, 0.5) is 0 Å². The number of carbonyl (C=O) groups is 1. The Morgan fingerprint density at radius 2 is 1.77 bits per heavy atom. The van der Waals surface area contributed by atoms with Gasteiger partial charge in [-0.15, -0.1) is 0 Å². The van der Waals surface area contributed by atoms with Crippen molar-refractivity contribution in [1.82, 2.24) is 0 Å². The Balaban J connectivity index is 2.37. The normalized spacial score (nSPS) is 11.9. The zero-order valence-corrected chi connectivity index (χ0v) is 14.2. The van der Waals surface area contributed by atoms with Crippen molar-refractivity contribution >= 4 is 16.9 Å². The molecule has 1 aromatic carbocycles. The molecule has 2 aliphatic rings. The molecule has 7 heteroatoms. The number of carboxylic acids is 1. The molecule has 1 heterocycles. The third kappa shape index (κ3) is 2.92. The molecule has 0 radical (unpaired) electrons. The topological polar surface area (TPSA) is 128 Å². The third-order valence-corrected chi connectivity index (χ3v) is 4.34. The SMILES string of the molecule is CC(C)(CC(=O)O)Cc1c2ccc(=O)c(O)c-2oc2c(O)c(O)ccc12. The second-order valence-corrected chi connectivity index (χ2v) is 7.09. The maximum atomic E-state index is 11.8. The summed E-state index contributed by atoms with van der Waals surface area (Å²) in [6, 6.07) is 5.54. The van der Waals surface area contributed by atoms with E-state index < -0.39 is 34.1 Å². The van der Waals surface area contributed by atoms with Crippen LogP contribution in [0.1, 0.15) is 25.8 Å². The lowest BCUT2D eigenvalue weighted by molar-refractivity contribution is -0.139. The fourth-order valence-corrected chi connectivity index (χ4v) is 3.18. The molecular formula is C19H18O7. The van der Waals surface area contributed by atoms with Gasteiger partial charge in [0.1, 0.15) is 0 Å². The van der Waals surface area contributed by atoms with Gasteiger partial charge < -0.3 is 24.8 Å². The van der Waals surface area contributed by atoms with Gasteiger partial charge in [-0.2, -0.15) is 0 Å². The first kappa shape index (κ1) is 17.6. The number of aliphatic carboxylic acids is 1. The highest BCUT2D eigenvalue weighted by Crippen LogP contribution is 2.44. The largest absolute Gasteiger partial charge is 0.504 e. The zero-order valence-electron chi connectivity index (χ0n) is 14.2. The van der Waals surface area contributed by atoms with Gasteiger partial charge in [-0.3, -0.25) is 9.59 Å². The van der Waals surface area contributed by atoms with E-state index in [4.69, 9.17) is 9.52 Å². The summed E-state index contributed by atoms with van der Waals surface area (Å²) in [6.45, 7) is 3.57. The third-order valence-electron chi connectivity index (χ3n) is 4.34. The highest BCUT2D eigenvalue weighted by atomic mass is 16.4. The van der Waals surface area contributed by atoms with Crippen LogP contribution in [0.5, 0.6) is 17.2 Å². The molecule has 1 aliphatic heterocycles. The van der Waals surface area contributed by atoms with Gasteiger partial charge in [0.05, 0.1) is 6.42 Å². The number of carboxylic acid groups (broad SMARTS) is 1. The van der Waals surface area contributed by atoms with Gasteiger partial charge in [0.2, 0.25) is 16.9 Å². The summed E-state index contributed by atoms with van der Waals surface area (Å²) >= 11 is 0. The zero-order chi connectivity index (χ0) is 19.2. The quantitative estimate of drug-likeness (QED) is 0.417. The average Bonchev–Trinajstić information content (AvgIpc) is 2.53. The molecule has 0 atom stereocenters. The Kier molecular flexibility index (Phi) is 4.02. The van der Waals surface area contributed by atoms with Crippen molar-refractivity contribution in [1.29, 1.82) is 0 Å². The van der Waals surface area contributed by atoms with Crippen LogP contribution in [-0.4, -0.2) is 26.4 Å². The minimum Gasteiger partial charge on any atom is -0.504 e. The van der Waals surface area contributed by atoms with Crippen LogP contribution in [0.3, 0.4) is 0 Å². The van der Waals surface area contributed by atoms with Crippen LogP contribution < -0.4 is 5.43 Å². The average molecular weight is 358 g/mol. The van der Waals surface area contributed by atoms with Gasteiger partial charge in [-0.05, 0) is 41.7 Å². The highest BCUT2D eigenvalue weighted by molar-refractivity contribution is 5.93. The Labute approximate surface area is 148 Å². The predicted molar refractivity (Wildman–Crippen MR) is 93.8 cm³/mol. The number of hydrogen-bond donors (Lipinski definition) is 4. The van der Waals surface area contributed by atoms with Crippen LogP contribution in [0.25, 0.3) is 22.3 Å². The maximum absolute atomic E-state index is 11.8. The molecule has 0 spiro atoms. The molecule has 0 bridgehead atoms. The predicted octanol–water partition coefficient (Wildman–Crippen LogP) is 3.06. The Morgan fingerprint density at radius 3 is 2.42 bits per heavy atom. The van der Waals surface area contributed by atoms with E-state index in [1.165, 1.54) is 18.2 Å². The maximum Gasteiger partial charge on any atom is 0.303 e. The van der Waals surface area contributed by atoms with Crippen LogP contribution in [-0.2, 0) is 11.2 Å². The summed E-state index contributed by atoms with van der Waals surface area (Å²) in [5.41, 5.74) is -0.321. The molecule has 136 valence electrons. The lowest BCUT2D eigenvalue weighted by atomic mass is 9.80. The second kappa shape index (κ2) is 5.94. The Bertz CT molecular complexity index is 1050. The molecule has 0 saturated carbocycles. The summed E-state index contributed by atoms with van der Waals surface area (Å²) in [6.07, 6.45) is 0.183. The van der Waals surface area contributed by atoms with Gasteiger partial charge in [0, 0.05) is 10.9 Å². The summed E-state index contributed by atoms with van der Waals surface area (Å²) in [5, 5.41) is 39.6. The molecule has 0 amide bonds. The van der Waals surface area contributed by atoms with Crippen molar-refractivity contribution in [3.05, 3.63) is 40.1 Å². The molecule has 4 N–H and O–H groups in total. The van der Waals surface area contributed by atoms with Crippen molar-refractivity contribution in [2.24, 2.45) is 5.41 Å². The molecular weight excluding hydrogens is 340 g/mol. The van der Waals surface area contributed by atoms with E-state index in [0.717, 1.165) is 0 Å². The molecule has 26 heavy (non-hydrogen) atoms. The van der Waals surface area contributed by atoms with E-state index in [0.29, 0.717) is 16.5 Å². The van der Waals surface area contributed by atoms with Gasteiger partial charge in [0.15, 0.2) is 17.1 Å². The molecule has 0 unspecified atom stereocenters. The fourth-order valence-electron chi connectivity index (χ4n) is 3.18. The molecule has 1 aliphatic carbocycles. The number of fused-ring (bicyclic) bond motifs is 2. The number of benzene rings is 2. The van der Waals surface area contributed by atoms with Crippen molar-refractivity contribution < 1.29 is 29.6 Å².